The minimum absolute atomic E-state index is 0.0420. The molecule has 0 unspecified atom stereocenters. The normalized spacial score (nSPS) is 16.2. The third-order valence-electron chi connectivity index (χ3n) is 6.68. The third-order valence-corrected chi connectivity index (χ3v) is 6.68. The van der Waals surface area contributed by atoms with E-state index in [4.69, 9.17) is 14.2 Å². The van der Waals surface area contributed by atoms with Crippen molar-refractivity contribution in [1.29, 1.82) is 0 Å². The first-order valence-corrected chi connectivity index (χ1v) is 12.0. The highest BCUT2D eigenvalue weighted by atomic mass is 16.5. The summed E-state index contributed by atoms with van der Waals surface area (Å²) in [5, 5.41) is 13.1. The molecule has 0 aliphatic carbocycles. The minimum Gasteiger partial charge on any atom is -0.497 e. The molecule has 0 radical (unpaired) electrons. The van der Waals surface area contributed by atoms with E-state index in [1.807, 2.05) is 29.2 Å². The van der Waals surface area contributed by atoms with E-state index in [-0.39, 0.29) is 5.91 Å². The number of carbonyl (C=O) groups is 1. The van der Waals surface area contributed by atoms with E-state index in [1.54, 1.807) is 32.1 Å². The van der Waals surface area contributed by atoms with Crippen LogP contribution in [0.2, 0.25) is 0 Å². The second-order valence-electron chi connectivity index (χ2n) is 8.76. The van der Waals surface area contributed by atoms with Crippen molar-refractivity contribution in [2.45, 2.75) is 0 Å². The van der Waals surface area contributed by atoms with Crippen LogP contribution in [0.3, 0.4) is 0 Å². The van der Waals surface area contributed by atoms with Crippen molar-refractivity contribution >= 4 is 17.4 Å². The molecule has 1 amide bonds. The maximum Gasteiger partial charge on any atom is 0.272 e. The van der Waals surface area contributed by atoms with E-state index >= 15 is 0 Å². The zero-order valence-electron chi connectivity index (χ0n) is 20.9. The van der Waals surface area contributed by atoms with Gasteiger partial charge in [-0.1, -0.05) is 0 Å². The van der Waals surface area contributed by atoms with Crippen LogP contribution in [0.25, 0.3) is 11.3 Å². The van der Waals surface area contributed by atoms with Gasteiger partial charge in [-0.2, -0.15) is 10.2 Å². The van der Waals surface area contributed by atoms with Gasteiger partial charge in [-0.25, -0.2) is 0 Å². The van der Waals surface area contributed by atoms with Gasteiger partial charge < -0.3 is 28.9 Å². The molecule has 2 aliphatic rings. The Labute approximate surface area is 210 Å². The lowest BCUT2D eigenvalue weighted by molar-refractivity contribution is 0.0735. The summed E-state index contributed by atoms with van der Waals surface area (Å²) in [5.41, 5.74) is 2.99. The zero-order valence-corrected chi connectivity index (χ0v) is 20.9. The van der Waals surface area contributed by atoms with Crippen molar-refractivity contribution < 1.29 is 19.0 Å². The number of hydrogen-bond donors (Lipinski definition) is 0. The first-order chi connectivity index (χ1) is 17.6. The van der Waals surface area contributed by atoms with E-state index in [0.29, 0.717) is 62.3 Å². The SMILES string of the molecule is COc1ccc(OC)c(-c2cc(C(=O)N3CCN(c4cnnc(N5CCOCC5)c4)CC3)n(C)n2)c1. The largest absolute Gasteiger partial charge is 0.497 e. The van der Waals surface area contributed by atoms with Gasteiger partial charge in [0.25, 0.3) is 5.91 Å². The molecule has 0 atom stereocenters. The molecule has 0 N–H and O–H groups in total. The highest BCUT2D eigenvalue weighted by molar-refractivity contribution is 5.94. The Morgan fingerprint density at radius 3 is 2.44 bits per heavy atom. The van der Waals surface area contributed by atoms with E-state index < -0.39 is 0 Å². The predicted molar refractivity (Wildman–Crippen MR) is 135 cm³/mol. The molecule has 1 aromatic carbocycles. The number of hydrogen-bond acceptors (Lipinski definition) is 9. The summed E-state index contributed by atoms with van der Waals surface area (Å²) in [6, 6.07) is 9.42. The van der Waals surface area contributed by atoms with Crippen molar-refractivity contribution in [3.05, 3.63) is 42.2 Å². The second-order valence-corrected chi connectivity index (χ2v) is 8.76. The minimum atomic E-state index is -0.0420. The molecule has 0 bridgehead atoms. The average Bonchev–Trinajstić information content (AvgIpc) is 3.34. The van der Waals surface area contributed by atoms with Crippen LogP contribution in [0, 0.1) is 0 Å². The molecule has 11 heteroatoms. The first-order valence-electron chi connectivity index (χ1n) is 12.0. The fourth-order valence-electron chi connectivity index (χ4n) is 4.61. The maximum atomic E-state index is 13.4. The molecule has 0 saturated carbocycles. The van der Waals surface area contributed by atoms with E-state index in [1.165, 1.54) is 0 Å². The van der Waals surface area contributed by atoms with Crippen LogP contribution in [0.1, 0.15) is 10.5 Å². The Bertz CT molecular complexity index is 1220. The summed E-state index contributed by atoms with van der Waals surface area (Å²) in [6.45, 7) is 5.68. The Morgan fingerprint density at radius 1 is 0.944 bits per heavy atom. The number of rotatable bonds is 6. The van der Waals surface area contributed by atoms with Gasteiger partial charge in [0.2, 0.25) is 0 Å². The number of nitrogens with zero attached hydrogens (tertiary/aromatic N) is 7. The van der Waals surface area contributed by atoms with Gasteiger partial charge in [-0.3, -0.25) is 9.48 Å². The molecule has 2 aromatic heterocycles. The van der Waals surface area contributed by atoms with Gasteiger partial charge >= 0.3 is 0 Å². The van der Waals surface area contributed by atoms with Crippen LogP contribution in [-0.2, 0) is 11.8 Å². The predicted octanol–water partition coefficient (Wildman–Crippen LogP) is 1.69. The third kappa shape index (κ3) is 4.78. The fourth-order valence-corrected chi connectivity index (χ4v) is 4.61. The Morgan fingerprint density at radius 2 is 1.72 bits per heavy atom. The van der Waals surface area contributed by atoms with Gasteiger partial charge in [0.1, 0.15) is 17.2 Å². The van der Waals surface area contributed by atoms with Crippen molar-refractivity contribution in [2.24, 2.45) is 7.05 Å². The van der Waals surface area contributed by atoms with Crippen LogP contribution in [0.15, 0.2) is 36.5 Å². The van der Waals surface area contributed by atoms with Crippen molar-refractivity contribution in [3.8, 4) is 22.8 Å². The number of methoxy groups -OCH3 is 2. The van der Waals surface area contributed by atoms with Gasteiger partial charge in [0.05, 0.1) is 45.0 Å². The number of piperazine rings is 1. The molecular weight excluding hydrogens is 462 g/mol. The molecule has 2 aliphatic heterocycles. The number of benzene rings is 1. The summed E-state index contributed by atoms with van der Waals surface area (Å²) in [4.78, 5) is 19.7. The topological polar surface area (TPSA) is 98.1 Å². The molecular formula is C25H31N7O4. The van der Waals surface area contributed by atoms with Gasteiger partial charge in [-0.05, 0) is 24.3 Å². The van der Waals surface area contributed by atoms with Crippen LogP contribution in [0.5, 0.6) is 11.5 Å². The average molecular weight is 494 g/mol. The van der Waals surface area contributed by atoms with Crippen LogP contribution in [0.4, 0.5) is 11.5 Å². The second kappa shape index (κ2) is 10.4. The smallest absolute Gasteiger partial charge is 0.272 e. The Balaban J connectivity index is 1.27. The quantitative estimate of drug-likeness (QED) is 0.508. The van der Waals surface area contributed by atoms with Crippen molar-refractivity contribution in [1.82, 2.24) is 24.9 Å². The number of anilines is 2. The molecule has 4 heterocycles. The van der Waals surface area contributed by atoms with Crippen LogP contribution in [-0.4, -0.2) is 97.5 Å². The molecule has 0 spiro atoms. The summed E-state index contributed by atoms with van der Waals surface area (Å²) in [5.74, 6) is 2.19. The number of carbonyl (C=O) groups excluding carboxylic acids is 1. The highest BCUT2D eigenvalue weighted by Crippen LogP contribution is 2.33. The maximum absolute atomic E-state index is 13.4. The Kier molecular flexibility index (Phi) is 6.90. The summed E-state index contributed by atoms with van der Waals surface area (Å²) in [6.07, 6.45) is 1.79. The van der Waals surface area contributed by atoms with E-state index in [2.05, 4.69) is 31.2 Å². The van der Waals surface area contributed by atoms with Crippen molar-refractivity contribution in [3.63, 3.8) is 0 Å². The fraction of sp³-hybridized carbons (Fsp3) is 0.440. The van der Waals surface area contributed by atoms with Crippen LogP contribution < -0.4 is 19.3 Å². The number of ether oxygens (including phenoxy) is 3. The van der Waals surface area contributed by atoms with Gasteiger partial charge in [0, 0.05) is 57.9 Å². The van der Waals surface area contributed by atoms with Crippen molar-refractivity contribution in [2.75, 3.05) is 76.5 Å². The van der Waals surface area contributed by atoms with E-state index in [0.717, 1.165) is 30.2 Å². The van der Waals surface area contributed by atoms with Crippen LogP contribution >= 0.6 is 0 Å². The summed E-state index contributed by atoms with van der Waals surface area (Å²) < 4.78 is 17.9. The highest BCUT2D eigenvalue weighted by Gasteiger charge is 2.26. The first kappa shape index (κ1) is 23.9. The zero-order chi connectivity index (χ0) is 25.1. The molecule has 5 rings (SSSR count). The van der Waals surface area contributed by atoms with Gasteiger partial charge in [-0.15, -0.1) is 5.10 Å². The molecule has 36 heavy (non-hydrogen) atoms. The number of aryl methyl sites for hydroxylation is 1. The molecule has 11 nitrogen and oxygen atoms in total. The molecule has 2 fully saturated rings. The van der Waals surface area contributed by atoms with E-state index in [9.17, 15) is 4.79 Å². The number of aromatic nitrogens is 4. The Hall–Kier alpha value is -3.86. The monoisotopic (exact) mass is 493 g/mol. The lowest BCUT2D eigenvalue weighted by Gasteiger charge is -2.36. The number of amides is 1. The summed E-state index contributed by atoms with van der Waals surface area (Å²) in [7, 11) is 5.02. The standard InChI is InChI=1S/C25H31N7O4/c1-29-22(16-21(28-29)20-15-19(34-2)4-5-23(20)35-3)25(33)32-8-6-30(7-9-32)18-14-24(27-26-17-18)31-10-12-36-13-11-31/h4-5,14-17H,6-13H2,1-3H3. The number of morpholine rings is 1. The molecule has 190 valence electrons. The van der Waals surface area contributed by atoms with Gasteiger partial charge in [0.15, 0.2) is 5.82 Å². The lowest BCUT2D eigenvalue weighted by Crippen LogP contribution is -2.49. The lowest BCUT2D eigenvalue weighted by atomic mass is 10.1. The summed E-state index contributed by atoms with van der Waals surface area (Å²) >= 11 is 0. The molecule has 2 saturated heterocycles. The molecule has 3 aromatic rings.